The summed E-state index contributed by atoms with van der Waals surface area (Å²) in [6, 6.07) is 10.5. The molecular formula is C21H16FIN4O4S. The third-order valence-electron chi connectivity index (χ3n) is 5.34. The van der Waals surface area contributed by atoms with E-state index in [-0.39, 0.29) is 34.3 Å². The van der Waals surface area contributed by atoms with Crippen molar-refractivity contribution in [2.45, 2.75) is 17.9 Å². The number of halogens is 2. The predicted octanol–water partition coefficient (Wildman–Crippen LogP) is 3.30. The van der Waals surface area contributed by atoms with Gasteiger partial charge in [0.25, 0.3) is 15.9 Å². The summed E-state index contributed by atoms with van der Waals surface area (Å²) in [5, 5.41) is 16.8. The van der Waals surface area contributed by atoms with Gasteiger partial charge in [-0.15, -0.1) is 4.40 Å². The van der Waals surface area contributed by atoms with Gasteiger partial charge in [-0.3, -0.25) is 9.80 Å². The molecule has 5 rings (SSSR count). The van der Waals surface area contributed by atoms with Crippen LogP contribution in [0.5, 0.6) is 0 Å². The highest BCUT2D eigenvalue weighted by Gasteiger charge is 2.42. The number of amides is 1. The van der Waals surface area contributed by atoms with Crippen molar-refractivity contribution in [3.05, 3.63) is 80.5 Å². The molecule has 3 aliphatic rings. The SMILES string of the molecule is O=C1C(C2=NS(=O)(=O)c3cc(I)ccc3N2)=C(O)C2=CCCN2N1Cc1ccc(F)cc1. The van der Waals surface area contributed by atoms with Crippen LogP contribution in [-0.4, -0.2) is 41.8 Å². The minimum absolute atomic E-state index is 0.00127. The minimum Gasteiger partial charge on any atom is -0.505 e. The van der Waals surface area contributed by atoms with Crippen molar-refractivity contribution < 1.29 is 22.7 Å². The van der Waals surface area contributed by atoms with Gasteiger partial charge in [-0.2, -0.15) is 8.42 Å². The number of aliphatic hydroxyl groups is 1. The van der Waals surface area contributed by atoms with E-state index in [1.165, 1.54) is 23.2 Å². The quantitative estimate of drug-likeness (QED) is 0.554. The first kappa shape index (κ1) is 20.9. The zero-order chi connectivity index (χ0) is 22.6. The Balaban J connectivity index is 1.58. The Morgan fingerprint density at radius 3 is 2.69 bits per heavy atom. The summed E-state index contributed by atoms with van der Waals surface area (Å²) >= 11 is 2.00. The average molecular weight is 566 g/mol. The normalized spacial score (nSPS) is 19.2. The van der Waals surface area contributed by atoms with Crippen molar-refractivity contribution in [2.75, 3.05) is 11.9 Å². The molecule has 0 aliphatic carbocycles. The fraction of sp³-hybridized carbons (Fsp3) is 0.143. The molecule has 0 radical (unpaired) electrons. The number of fused-ring (bicyclic) bond motifs is 2. The van der Waals surface area contributed by atoms with E-state index in [1.807, 2.05) is 22.6 Å². The molecule has 2 aromatic carbocycles. The second kappa shape index (κ2) is 7.59. The highest BCUT2D eigenvalue weighted by molar-refractivity contribution is 14.1. The number of aliphatic hydroxyl groups excluding tert-OH is 1. The van der Waals surface area contributed by atoms with Gasteiger partial charge in [0.1, 0.15) is 16.3 Å². The van der Waals surface area contributed by atoms with Crippen LogP contribution in [0.25, 0.3) is 0 Å². The Hall–Kier alpha value is -2.93. The number of hydrazine groups is 1. The molecule has 0 aromatic heterocycles. The van der Waals surface area contributed by atoms with Crippen molar-refractivity contribution in [2.24, 2.45) is 4.40 Å². The van der Waals surface area contributed by atoms with Crippen molar-refractivity contribution in [3.63, 3.8) is 0 Å². The zero-order valence-electron chi connectivity index (χ0n) is 16.4. The van der Waals surface area contributed by atoms with E-state index in [2.05, 4.69) is 9.71 Å². The smallest absolute Gasteiger partial charge is 0.286 e. The second-order valence-corrected chi connectivity index (χ2v) is 10.2. The van der Waals surface area contributed by atoms with Crippen molar-refractivity contribution in [1.82, 2.24) is 10.0 Å². The van der Waals surface area contributed by atoms with Crippen LogP contribution in [0.15, 0.2) is 74.9 Å². The molecule has 1 amide bonds. The van der Waals surface area contributed by atoms with Crippen molar-refractivity contribution in [1.29, 1.82) is 0 Å². The molecular weight excluding hydrogens is 550 g/mol. The number of hydrogen-bond acceptors (Lipinski definition) is 6. The minimum atomic E-state index is -4.08. The van der Waals surface area contributed by atoms with Gasteiger partial charge in [0.2, 0.25) is 0 Å². The largest absolute Gasteiger partial charge is 0.505 e. The molecule has 0 fully saturated rings. The maximum atomic E-state index is 13.5. The lowest BCUT2D eigenvalue weighted by atomic mass is 10.1. The highest BCUT2D eigenvalue weighted by atomic mass is 127. The van der Waals surface area contributed by atoms with Crippen LogP contribution in [0, 0.1) is 9.39 Å². The lowest BCUT2D eigenvalue weighted by Gasteiger charge is -2.39. The second-order valence-electron chi connectivity index (χ2n) is 7.39. The summed E-state index contributed by atoms with van der Waals surface area (Å²) in [6.45, 7) is 0.584. The third kappa shape index (κ3) is 3.45. The molecule has 0 bridgehead atoms. The van der Waals surface area contributed by atoms with Gasteiger partial charge in [-0.05, 0) is 64.9 Å². The number of amidine groups is 1. The van der Waals surface area contributed by atoms with E-state index in [9.17, 15) is 22.7 Å². The Labute approximate surface area is 196 Å². The Morgan fingerprint density at radius 1 is 1.19 bits per heavy atom. The number of nitrogens with one attached hydrogen (secondary N) is 1. The Morgan fingerprint density at radius 2 is 1.94 bits per heavy atom. The zero-order valence-corrected chi connectivity index (χ0v) is 19.4. The molecule has 164 valence electrons. The number of carbonyl (C=O) groups is 1. The van der Waals surface area contributed by atoms with E-state index in [4.69, 9.17) is 0 Å². The number of anilines is 1. The number of benzene rings is 2. The highest BCUT2D eigenvalue weighted by Crippen LogP contribution is 2.36. The summed E-state index contributed by atoms with van der Waals surface area (Å²) in [7, 11) is -4.08. The first-order chi connectivity index (χ1) is 15.2. The summed E-state index contributed by atoms with van der Waals surface area (Å²) in [6.07, 6.45) is 2.37. The summed E-state index contributed by atoms with van der Waals surface area (Å²) in [5.41, 5.74) is 1.12. The van der Waals surface area contributed by atoms with Gasteiger partial charge in [-0.1, -0.05) is 18.2 Å². The van der Waals surface area contributed by atoms with Crippen LogP contribution in [0.4, 0.5) is 10.1 Å². The number of nitrogens with zero attached hydrogens (tertiary/aromatic N) is 3. The monoisotopic (exact) mass is 566 g/mol. The van der Waals surface area contributed by atoms with Gasteiger partial charge in [0, 0.05) is 10.1 Å². The van der Waals surface area contributed by atoms with Gasteiger partial charge in [-0.25, -0.2) is 9.40 Å². The fourth-order valence-electron chi connectivity index (χ4n) is 3.86. The van der Waals surface area contributed by atoms with Crippen LogP contribution in [0.2, 0.25) is 0 Å². The average Bonchev–Trinajstić information content (AvgIpc) is 3.23. The van der Waals surface area contributed by atoms with Crippen molar-refractivity contribution >= 4 is 50.0 Å². The molecule has 3 heterocycles. The van der Waals surface area contributed by atoms with Crippen LogP contribution in [-0.2, 0) is 21.4 Å². The topological polar surface area (TPSA) is 102 Å². The molecule has 0 saturated carbocycles. The Kier molecular flexibility index (Phi) is 4.97. The molecule has 0 atom stereocenters. The maximum absolute atomic E-state index is 13.5. The van der Waals surface area contributed by atoms with Crippen molar-refractivity contribution in [3.8, 4) is 0 Å². The van der Waals surface area contributed by atoms with Crippen LogP contribution >= 0.6 is 22.6 Å². The molecule has 11 heteroatoms. The van der Waals surface area contributed by atoms with Gasteiger partial charge < -0.3 is 10.4 Å². The Bertz CT molecular complexity index is 1350. The molecule has 0 saturated heterocycles. The molecule has 2 N–H and O–H groups in total. The van der Waals surface area contributed by atoms with E-state index in [0.717, 1.165) is 3.57 Å². The molecule has 32 heavy (non-hydrogen) atoms. The molecule has 2 aromatic rings. The van der Waals surface area contributed by atoms with Gasteiger partial charge >= 0.3 is 0 Å². The maximum Gasteiger partial charge on any atom is 0.286 e. The third-order valence-corrected chi connectivity index (χ3v) is 7.33. The number of rotatable bonds is 3. The van der Waals surface area contributed by atoms with Gasteiger partial charge in [0.05, 0.1) is 17.9 Å². The summed E-state index contributed by atoms with van der Waals surface area (Å²) in [5.74, 6) is -1.57. The molecule has 0 unspecified atom stereocenters. The summed E-state index contributed by atoms with van der Waals surface area (Å²) in [4.78, 5) is 13.5. The van der Waals surface area contributed by atoms with E-state index < -0.39 is 21.7 Å². The fourth-order valence-corrected chi connectivity index (χ4v) is 5.71. The molecule has 8 nitrogen and oxygen atoms in total. The standard InChI is InChI=1S/C21H16FIN4O4S/c22-13-5-3-12(4-6-13)11-27-21(29)18(19(28)16-2-1-9-26(16)27)20-24-15-8-7-14(23)10-17(15)32(30,31)25-20/h2-8,10,28H,1,9,11H2,(H,24,25). The van der Waals surface area contributed by atoms with E-state index in [0.29, 0.717) is 24.2 Å². The van der Waals surface area contributed by atoms with Gasteiger partial charge in [0.15, 0.2) is 11.6 Å². The molecule has 0 spiro atoms. The molecule has 3 aliphatic heterocycles. The lowest BCUT2D eigenvalue weighted by molar-refractivity contribution is -0.143. The predicted molar refractivity (Wildman–Crippen MR) is 123 cm³/mol. The first-order valence-electron chi connectivity index (χ1n) is 9.64. The van der Waals surface area contributed by atoms with Crippen LogP contribution in [0.3, 0.4) is 0 Å². The lowest BCUT2D eigenvalue weighted by Crippen LogP contribution is -2.50. The van der Waals surface area contributed by atoms with E-state index in [1.54, 1.807) is 35.4 Å². The van der Waals surface area contributed by atoms with Crippen LogP contribution < -0.4 is 5.32 Å². The number of hydrogen-bond donors (Lipinski definition) is 2. The number of carbonyl (C=O) groups excluding carboxylic acids is 1. The van der Waals surface area contributed by atoms with Crippen LogP contribution in [0.1, 0.15) is 12.0 Å². The number of sulfonamides is 1. The summed E-state index contributed by atoms with van der Waals surface area (Å²) < 4.78 is 43.4. The first-order valence-corrected chi connectivity index (χ1v) is 12.2. The van der Waals surface area contributed by atoms with E-state index >= 15 is 0 Å².